The minimum Gasteiger partial charge on any atom is -0.355 e. The number of nitrogens with two attached hydrogens (primary N) is 1. The molecule has 0 bridgehead atoms. The minimum atomic E-state index is 0.0652. The van der Waals surface area contributed by atoms with Gasteiger partial charge in [0.1, 0.15) is 0 Å². The summed E-state index contributed by atoms with van der Waals surface area (Å²) in [7, 11) is 0. The Bertz CT molecular complexity index is 74.0. The van der Waals surface area contributed by atoms with E-state index in [1.54, 1.807) is 0 Å². The molecule has 0 aliphatic rings. The van der Waals surface area contributed by atoms with E-state index < -0.39 is 0 Å². The molecule has 0 rings (SSSR count). The van der Waals surface area contributed by atoms with E-state index in [9.17, 15) is 4.79 Å². The molecule has 0 aliphatic carbocycles. The van der Waals surface area contributed by atoms with Crippen LogP contribution >= 0.6 is 0 Å². The van der Waals surface area contributed by atoms with Gasteiger partial charge >= 0.3 is 0 Å². The molecule has 0 spiro atoms. The average molecular weight is 146 g/mol. The van der Waals surface area contributed by atoms with E-state index in [0.717, 1.165) is 0 Å². The maximum absolute atomic E-state index is 10.4. The zero-order valence-corrected chi connectivity index (χ0v) is 7.11. The highest BCUT2D eigenvalue weighted by Gasteiger charge is 1.90. The lowest BCUT2D eigenvalue weighted by Gasteiger charge is -1.97. The minimum absolute atomic E-state index is 0.0652. The van der Waals surface area contributed by atoms with Crippen LogP contribution in [0.3, 0.4) is 0 Å². The third-order valence-corrected chi connectivity index (χ3v) is 0.788. The van der Waals surface area contributed by atoms with Crippen molar-refractivity contribution in [2.45, 2.75) is 27.2 Å². The fourth-order valence-corrected chi connectivity index (χ4v) is 0.337. The first-order valence-electron chi connectivity index (χ1n) is 3.78. The average Bonchev–Trinajstić information content (AvgIpc) is 2.04. The molecular weight excluding hydrogens is 128 g/mol. The molecule has 0 unspecified atom stereocenters. The van der Waals surface area contributed by atoms with Crippen LogP contribution in [0.1, 0.15) is 27.2 Å². The third-order valence-electron chi connectivity index (χ3n) is 0.788. The molecule has 3 N–H and O–H groups in total. The van der Waals surface area contributed by atoms with Crippen LogP contribution in [-0.2, 0) is 4.79 Å². The van der Waals surface area contributed by atoms with Gasteiger partial charge in [-0.3, -0.25) is 4.79 Å². The third kappa shape index (κ3) is 10.4. The molecular formula is C7H18N2O. The number of amides is 1. The number of nitrogens with one attached hydrogen (secondary N) is 1. The van der Waals surface area contributed by atoms with Crippen LogP contribution in [0.15, 0.2) is 0 Å². The van der Waals surface area contributed by atoms with Crippen LogP contribution in [0.25, 0.3) is 0 Å². The van der Waals surface area contributed by atoms with Crippen LogP contribution in [0, 0.1) is 0 Å². The topological polar surface area (TPSA) is 55.1 Å². The smallest absolute Gasteiger partial charge is 0.219 e. The summed E-state index contributed by atoms with van der Waals surface area (Å²) in [6, 6.07) is 0. The summed E-state index contributed by atoms with van der Waals surface area (Å²) >= 11 is 0. The predicted molar refractivity (Wildman–Crippen MR) is 43.7 cm³/mol. The molecule has 0 aromatic rings. The first-order valence-corrected chi connectivity index (χ1v) is 3.78. The van der Waals surface area contributed by atoms with E-state index in [1.807, 2.05) is 20.8 Å². The van der Waals surface area contributed by atoms with Crippen LogP contribution in [0.5, 0.6) is 0 Å². The molecule has 3 nitrogen and oxygen atoms in total. The van der Waals surface area contributed by atoms with E-state index in [4.69, 9.17) is 5.73 Å². The SMILES string of the molecule is CC.CCC(=O)NCCN. The van der Waals surface area contributed by atoms with Crippen molar-refractivity contribution in [1.82, 2.24) is 5.32 Å². The Hall–Kier alpha value is -0.570. The Morgan fingerprint density at radius 1 is 1.50 bits per heavy atom. The highest BCUT2D eigenvalue weighted by molar-refractivity contribution is 5.75. The summed E-state index contributed by atoms with van der Waals surface area (Å²) in [4.78, 5) is 10.4. The van der Waals surface area contributed by atoms with E-state index in [2.05, 4.69) is 5.32 Å². The summed E-state index contributed by atoms with van der Waals surface area (Å²) < 4.78 is 0. The summed E-state index contributed by atoms with van der Waals surface area (Å²) in [5, 5.41) is 2.62. The maximum Gasteiger partial charge on any atom is 0.219 e. The Kier molecular flexibility index (Phi) is 13.7. The molecule has 0 aromatic heterocycles. The zero-order chi connectivity index (χ0) is 8.41. The second-order valence-corrected chi connectivity index (χ2v) is 1.49. The van der Waals surface area contributed by atoms with Gasteiger partial charge in [0.25, 0.3) is 0 Å². The molecule has 62 valence electrons. The molecule has 1 amide bonds. The Labute approximate surface area is 63.0 Å². The molecule has 0 saturated carbocycles. The molecule has 0 heterocycles. The molecule has 0 fully saturated rings. The largest absolute Gasteiger partial charge is 0.355 e. The second-order valence-electron chi connectivity index (χ2n) is 1.49. The van der Waals surface area contributed by atoms with E-state index >= 15 is 0 Å². The number of carbonyl (C=O) groups excluding carboxylic acids is 1. The number of carbonyl (C=O) groups is 1. The first kappa shape index (κ1) is 12.1. The van der Waals surface area contributed by atoms with Gasteiger partial charge in [0.05, 0.1) is 0 Å². The second kappa shape index (κ2) is 11.3. The zero-order valence-electron chi connectivity index (χ0n) is 7.11. The van der Waals surface area contributed by atoms with Gasteiger partial charge in [0, 0.05) is 19.5 Å². The fourth-order valence-electron chi connectivity index (χ4n) is 0.337. The maximum atomic E-state index is 10.4. The predicted octanol–water partition coefficient (Wildman–Crippen LogP) is 0.497. The van der Waals surface area contributed by atoms with Crippen molar-refractivity contribution in [3.63, 3.8) is 0 Å². The van der Waals surface area contributed by atoms with Crippen LogP contribution in [0.4, 0.5) is 0 Å². The van der Waals surface area contributed by atoms with Gasteiger partial charge in [0.15, 0.2) is 0 Å². The van der Waals surface area contributed by atoms with Crippen molar-refractivity contribution in [3.8, 4) is 0 Å². The summed E-state index contributed by atoms with van der Waals surface area (Å²) in [6.07, 6.45) is 0.542. The molecule has 10 heavy (non-hydrogen) atoms. The molecule has 0 atom stereocenters. The van der Waals surface area contributed by atoms with Gasteiger partial charge in [-0.1, -0.05) is 20.8 Å². The van der Waals surface area contributed by atoms with E-state index in [0.29, 0.717) is 19.5 Å². The van der Waals surface area contributed by atoms with Gasteiger partial charge in [0.2, 0.25) is 5.91 Å². The van der Waals surface area contributed by atoms with Crippen molar-refractivity contribution in [1.29, 1.82) is 0 Å². The molecule has 0 aliphatic heterocycles. The molecule has 3 heteroatoms. The van der Waals surface area contributed by atoms with Gasteiger partial charge in [-0.05, 0) is 0 Å². The summed E-state index contributed by atoms with van der Waals surface area (Å²) in [6.45, 7) is 6.92. The lowest BCUT2D eigenvalue weighted by Crippen LogP contribution is -2.28. The van der Waals surface area contributed by atoms with Crippen molar-refractivity contribution in [3.05, 3.63) is 0 Å². The van der Waals surface area contributed by atoms with Crippen LogP contribution < -0.4 is 11.1 Å². The van der Waals surface area contributed by atoms with Gasteiger partial charge in [-0.2, -0.15) is 0 Å². The highest BCUT2D eigenvalue weighted by Crippen LogP contribution is 1.71. The van der Waals surface area contributed by atoms with Crippen LogP contribution in [-0.4, -0.2) is 19.0 Å². The lowest BCUT2D eigenvalue weighted by molar-refractivity contribution is -0.120. The number of hydrogen-bond donors (Lipinski definition) is 2. The Morgan fingerprint density at radius 2 is 2.00 bits per heavy atom. The Morgan fingerprint density at radius 3 is 2.30 bits per heavy atom. The van der Waals surface area contributed by atoms with E-state index in [-0.39, 0.29) is 5.91 Å². The van der Waals surface area contributed by atoms with Crippen molar-refractivity contribution < 1.29 is 4.79 Å². The summed E-state index contributed by atoms with van der Waals surface area (Å²) in [5.74, 6) is 0.0652. The van der Waals surface area contributed by atoms with Crippen molar-refractivity contribution in [2.24, 2.45) is 5.73 Å². The molecule has 0 saturated heterocycles. The van der Waals surface area contributed by atoms with E-state index in [1.165, 1.54) is 0 Å². The first-order chi connectivity index (χ1) is 4.81. The van der Waals surface area contributed by atoms with Crippen molar-refractivity contribution in [2.75, 3.05) is 13.1 Å². The standard InChI is InChI=1S/C5H12N2O.C2H6/c1-2-5(8)7-4-3-6;1-2/h2-4,6H2,1H3,(H,7,8);1-2H3. The van der Waals surface area contributed by atoms with Crippen molar-refractivity contribution >= 4 is 5.91 Å². The normalized spacial score (nSPS) is 7.60. The fraction of sp³-hybridized carbons (Fsp3) is 0.857. The molecule has 0 radical (unpaired) electrons. The monoisotopic (exact) mass is 146 g/mol. The number of rotatable bonds is 3. The van der Waals surface area contributed by atoms with Crippen LogP contribution in [0.2, 0.25) is 0 Å². The highest BCUT2D eigenvalue weighted by atomic mass is 16.1. The summed E-state index contributed by atoms with van der Waals surface area (Å²) in [5.41, 5.74) is 5.12. The van der Waals surface area contributed by atoms with Gasteiger partial charge < -0.3 is 11.1 Å². The van der Waals surface area contributed by atoms with Gasteiger partial charge in [-0.15, -0.1) is 0 Å². The molecule has 0 aromatic carbocycles. The van der Waals surface area contributed by atoms with Gasteiger partial charge in [-0.25, -0.2) is 0 Å². The Balaban J connectivity index is 0. The quantitative estimate of drug-likeness (QED) is 0.609. The number of hydrogen-bond acceptors (Lipinski definition) is 2. The lowest BCUT2D eigenvalue weighted by atomic mass is 10.4.